The van der Waals surface area contributed by atoms with Crippen molar-refractivity contribution in [2.75, 3.05) is 0 Å². The van der Waals surface area contributed by atoms with Gasteiger partial charge in [-0.15, -0.1) is 0 Å². The number of carbonyl (C=O) groups excluding carboxylic acids is 3. The molecule has 0 aromatic carbocycles. The van der Waals surface area contributed by atoms with Gasteiger partial charge in [0, 0.05) is 19.3 Å². The van der Waals surface area contributed by atoms with E-state index < -0.39 is 11.5 Å². The summed E-state index contributed by atoms with van der Waals surface area (Å²) >= 11 is 0. The molecule has 1 unspecified atom stereocenters. The van der Waals surface area contributed by atoms with E-state index in [2.05, 4.69) is 20.8 Å². The summed E-state index contributed by atoms with van der Waals surface area (Å²) in [6.07, 6.45) is 57.5. The molecule has 61 heavy (non-hydrogen) atoms. The highest BCUT2D eigenvalue weighted by Gasteiger charge is 2.46. The Kier molecular flexibility index (Phi) is 46.2. The van der Waals surface area contributed by atoms with Crippen LogP contribution in [-0.2, 0) is 14.4 Å². The molecule has 0 rings (SSSR count). The number of unbranched alkanes of at least 4 members (excludes halogenated alkanes) is 42. The lowest BCUT2D eigenvalue weighted by molar-refractivity contribution is -0.155. The Morgan fingerprint density at radius 2 is 0.459 bits per heavy atom. The topological polar surface area (TPSA) is 71.4 Å². The van der Waals surface area contributed by atoms with Crippen LogP contribution in [0, 0.1) is 5.92 Å². The van der Waals surface area contributed by atoms with Crippen LogP contribution in [0.3, 0.4) is 0 Å². The van der Waals surface area contributed by atoms with Crippen molar-refractivity contribution >= 4 is 17.3 Å². The van der Waals surface area contributed by atoms with Gasteiger partial charge in [-0.2, -0.15) is 0 Å². The highest BCUT2D eigenvalue weighted by molar-refractivity contribution is 6.08. The molecular formula is C57H110O4. The Labute approximate surface area is 382 Å². The van der Waals surface area contributed by atoms with E-state index in [4.69, 9.17) is 0 Å². The minimum atomic E-state index is -1.91. The van der Waals surface area contributed by atoms with Crippen LogP contribution in [0.2, 0.25) is 0 Å². The van der Waals surface area contributed by atoms with E-state index in [1.165, 1.54) is 238 Å². The van der Waals surface area contributed by atoms with Gasteiger partial charge in [0.2, 0.25) is 0 Å². The molecule has 0 saturated heterocycles. The van der Waals surface area contributed by atoms with Crippen LogP contribution in [0.4, 0.5) is 0 Å². The predicted octanol–water partition coefficient (Wildman–Crippen LogP) is 18.8. The number of hydrogen-bond acceptors (Lipinski definition) is 4. The number of rotatable bonds is 52. The molecule has 1 N–H and O–H groups in total. The molecule has 0 amide bonds. The highest BCUT2D eigenvalue weighted by Crippen LogP contribution is 2.28. The molecule has 0 radical (unpaired) electrons. The van der Waals surface area contributed by atoms with E-state index in [1.807, 2.05) is 0 Å². The summed E-state index contributed by atoms with van der Waals surface area (Å²) in [4.78, 5) is 40.9. The maximum Gasteiger partial charge on any atom is 0.165 e. The summed E-state index contributed by atoms with van der Waals surface area (Å²) in [5.41, 5.74) is -1.91. The van der Waals surface area contributed by atoms with E-state index in [-0.39, 0.29) is 36.6 Å². The first-order valence-corrected chi connectivity index (χ1v) is 28.1. The van der Waals surface area contributed by atoms with E-state index >= 15 is 0 Å². The van der Waals surface area contributed by atoms with Gasteiger partial charge in [0.05, 0.1) is 0 Å². The van der Waals surface area contributed by atoms with Crippen LogP contribution in [0.5, 0.6) is 0 Å². The van der Waals surface area contributed by atoms with Crippen molar-refractivity contribution in [2.45, 2.75) is 341 Å². The van der Waals surface area contributed by atoms with Gasteiger partial charge in [-0.1, -0.05) is 290 Å². The lowest BCUT2D eigenvalue weighted by Gasteiger charge is -2.30. The second kappa shape index (κ2) is 46.9. The Bertz CT molecular complexity index is 894. The predicted molar refractivity (Wildman–Crippen MR) is 268 cm³/mol. The number of ketones is 3. The lowest BCUT2D eigenvalue weighted by atomic mass is 9.76. The Balaban J connectivity index is 4.60. The zero-order valence-electron chi connectivity index (χ0n) is 42.2. The summed E-state index contributed by atoms with van der Waals surface area (Å²) in [6.45, 7) is 8.30. The molecule has 1 atom stereocenters. The molecule has 0 aromatic rings. The second-order valence-electron chi connectivity index (χ2n) is 20.0. The number of Topliss-reactive ketones (excluding diaryl/α,β-unsaturated/α-hetero) is 3. The number of aliphatic hydroxyl groups is 1. The third kappa shape index (κ3) is 39.1. The summed E-state index contributed by atoms with van der Waals surface area (Å²) in [7, 11) is 0. The molecule has 0 spiro atoms. The Morgan fingerprint density at radius 1 is 0.295 bits per heavy atom. The van der Waals surface area contributed by atoms with Crippen molar-refractivity contribution in [1.29, 1.82) is 0 Å². The zero-order chi connectivity index (χ0) is 44.8. The summed E-state index contributed by atoms with van der Waals surface area (Å²) in [6, 6.07) is 0. The fourth-order valence-electron chi connectivity index (χ4n) is 9.51. The standard InChI is InChI=1S/C57H110O4/c1-5-8-11-14-17-20-23-26-29-32-35-38-41-44-47-50-53(58)56(54(59)51-48-45-42-39-36-33-30-27-24-21-18-15-12-9-6-2)57(4,61)55(60)52-49-46-43-40-37-34-31-28-25-22-19-16-13-10-7-3/h56,61H,5-52H2,1-4H3. The molecule has 0 aromatic heterocycles. The SMILES string of the molecule is CCCCCCCCCCCCCCCCCC(=O)C(C(=O)CCCCCCCCCCCCCCCCC)C(C)(O)C(=O)CCCCCCCCCCCCCCCCC. The molecule has 0 aliphatic heterocycles. The van der Waals surface area contributed by atoms with Gasteiger partial charge in [-0.25, -0.2) is 0 Å². The molecule has 0 aliphatic carbocycles. The third-order valence-corrected chi connectivity index (χ3v) is 13.8. The third-order valence-electron chi connectivity index (χ3n) is 13.8. The van der Waals surface area contributed by atoms with Crippen molar-refractivity contribution in [3.05, 3.63) is 0 Å². The normalized spacial score (nSPS) is 12.7. The molecule has 362 valence electrons. The first-order chi connectivity index (χ1) is 29.8. The van der Waals surface area contributed by atoms with Crippen LogP contribution in [0.15, 0.2) is 0 Å². The molecule has 0 saturated carbocycles. The van der Waals surface area contributed by atoms with Crippen LogP contribution in [-0.4, -0.2) is 28.1 Å². The summed E-state index contributed by atoms with van der Waals surface area (Å²) in [5.74, 6) is -1.96. The maximum absolute atomic E-state index is 13.7. The van der Waals surface area contributed by atoms with Gasteiger partial charge in [0.15, 0.2) is 5.78 Å². The molecule has 0 heterocycles. The Morgan fingerprint density at radius 3 is 0.656 bits per heavy atom. The molecule has 0 bridgehead atoms. The molecular weight excluding hydrogens is 749 g/mol. The molecule has 4 nitrogen and oxygen atoms in total. The first-order valence-electron chi connectivity index (χ1n) is 28.1. The Hall–Kier alpha value is -1.03. The number of hydrogen-bond donors (Lipinski definition) is 1. The minimum absolute atomic E-state index is 0.213. The fraction of sp³-hybridized carbons (Fsp3) is 0.947. The van der Waals surface area contributed by atoms with Crippen LogP contribution < -0.4 is 0 Å². The van der Waals surface area contributed by atoms with Gasteiger partial charge in [-0.3, -0.25) is 14.4 Å². The average molecular weight is 860 g/mol. The fourth-order valence-corrected chi connectivity index (χ4v) is 9.51. The molecule has 0 fully saturated rings. The number of carbonyl (C=O) groups is 3. The average Bonchev–Trinajstić information content (AvgIpc) is 3.24. The van der Waals surface area contributed by atoms with Crippen LogP contribution in [0.1, 0.15) is 336 Å². The second-order valence-corrected chi connectivity index (χ2v) is 20.0. The van der Waals surface area contributed by atoms with Crippen molar-refractivity contribution < 1.29 is 19.5 Å². The summed E-state index contributed by atoms with van der Waals surface area (Å²) < 4.78 is 0. The van der Waals surface area contributed by atoms with Crippen molar-refractivity contribution in [3.8, 4) is 0 Å². The van der Waals surface area contributed by atoms with E-state index in [0.29, 0.717) is 0 Å². The summed E-state index contributed by atoms with van der Waals surface area (Å²) in [5, 5.41) is 11.7. The van der Waals surface area contributed by atoms with E-state index in [1.54, 1.807) is 0 Å². The zero-order valence-corrected chi connectivity index (χ0v) is 42.2. The minimum Gasteiger partial charge on any atom is -0.381 e. The van der Waals surface area contributed by atoms with Crippen molar-refractivity contribution in [3.63, 3.8) is 0 Å². The van der Waals surface area contributed by atoms with E-state index in [9.17, 15) is 19.5 Å². The molecule has 4 heteroatoms. The van der Waals surface area contributed by atoms with Gasteiger partial charge in [0.25, 0.3) is 0 Å². The van der Waals surface area contributed by atoms with Gasteiger partial charge in [0.1, 0.15) is 23.1 Å². The van der Waals surface area contributed by atoms with Gasteiger partial charge in [-0.05, 0) is 26.2 Å². The van der Waals surface area contributed by atoms with Crippen LogP contribution in [0.25, 0.3) is 0 Å². The monoisotopic (exact) mass is 859 g/mol. The quantitative estimate of drug-likeness (QED) is 0.0489. The highest BCUT2D eigenvalue weighted by atomic mass is 16.3. The van der Waals surface area contributed by atoms with Gasteiger partial charge >= 0.3 is 0 Å². The van der Waals surface area contributed by atoms with Crippen LogP contribution >= 0.6 is 0 Å². The first kappa shape index (κ1) is 60.0. The van der Waals surface area contributed by atoms with Crippen molar-refractivity contribution in [2.24, 2.45) is 5.92 Å². The molecule has 0 aliphatic rings. The smallest absolute Gasteiger partial charge is 0.165 e. The maximum atomic E-state index is 13.7. The largest absolute Gasteiger partial charge is 0.381 e. The van der Waals surface area contributed by atoms with Gasteiger partial charge < -0.3 is 5.11 Å². The van der Waals surface area contributed by atoms with Crippen molar-refractivity contribution in [1.82, 2.24) is 0 Å². The van der Waals surface area contributed by atoms with E-state index in [0.717, 1.165) is 57.8 Å². The lowest BCUT2D eigenvalue weighted by Crippen LogP contribution is -2.50.